The Morgan fingerprint density at radius 1 is 0.256 bits per heavy atom. The zero-order valence-corrected chi connectivity index (χ0v) is 55.4. The molecule has 0 bridgehead atoms. The lowest BCUT2D eigenvalue weighted by atomic mass is 9.89. The minimum atomic E-state index is 0.430. The molecule has 15 aromatic rings. The van der Waals surface area contributed by atoms with Crippen molar-refractivity contribution in [3.8, 4) is 22.3 Å². The smallest absolute Gasteiger partial charge is 0.0634 e. The van der Waals surface area contributed by atoms with Gasteiger partial charge in [-0.2, -0.15) is 0 Å². The molecule has 4 aromatic heterocycles. The second-order valence-electron chi connectivity index (χ2n) is 27.7. The lowest BCUT2D eigenvalue weighted by Crippen LogP contribution is -2.13. The predicted octanol–water partition coefficient (Wildman–Crippen LogP) is 25.2. The van der Waals surface area contributed by atoms with Gasteiger partial charge >= 0.3 is 0 Å². The largest absolute Gasteiger partial charge is 0.310 e. The van der Waals surface area contributed by atoms with Gasteiger partial charge in [0.15, 0.2) is 0 Å². The van der Waals surface area contributed by atoms with Crippen LogP contribution in [0.4, 0.5) is 34.1 Å². The second-order valence-corrected chi connectivity index (χ2v) is 27.7. The zero-order chi connectivity index (χ0) is 62.6. The molecule has 0 amide bonds. The first-order chi connectivity index (χ1) is 43.3. The molecule has 4 nitrogen and oxygen atoms in total. The first kappa shape index (κ1) is 57.1. The average Bonchev–Trinajstić information content (AvgIpc) is 1.49. The average molecular weight is 1170 g/mol. The molecule has 0 atom stereocenters. The maximum absolute atomic E-state index is 2.65. The predicted molar refractivity (Wildman–Crippen MR) is 390 cm³/mol. The molecule has 0 spiro atoms. The Balaban J connectivity index is 1.04. The standard InChI is InChI=1S/C86H82N4/c1-47(2)75-51(9)37-63(38-52(75)10)87(64-39-53(11)76(48(3)4)54(12)40-64)61-33-35-73-71(45-61)67-29-23-31-69-81-80(60-27-21-18-22-28-60)86-82(79(59-25-19-17-20-26-59)85(81)89(73)83(67)69)70-32-24-30-68-72-46-62(34-36-74(72)90(86)84(68)70)88(65-41-55(13)77(49(5)6)56(14)42-65)66-43-57(15)78(50(7)8)58(16)44-66/h17-50H,1-16H3. The van der Waals surface area contributed by atoms with Crippen molar-refractivity contribution in [2.75, 3.05) is 9.80 Å². The molecule has 0 aliphatic rings. The molecule has 0 N–H and O–H groups in total. The summed E-state index contributed by atoms with van der Waals surface area (Å²) in [6, 6.07) is 70.6. The van der Waals surface area contributed by atoms with Crippen molar-refractivity contribution in [1.82, 2.24) is 8.80 Å². The number of hydrogen-bond donors (Lipinski definition) is 0. The fourth-order valence-corrected chi connectivity index (χ4v) is 17.6. The third kappa shape index (κ3) is 8.46. The number of hydrogen-bond acceptors (Lipinski definition) is 2. The van der Waals surface area contributed by atoms with E-state index in [2.05, 4.69) is 311 Å². The Hall–Kier alpha value is -9.38. The van der Waals surface area contributed by atoms with Crippen LogP contribution in [0.15, 0.2) is 182 Å². The van der Waals surface area contributed by atoms with Gasteiger partial charge in [0.2, 0.25) is 0 Å². The zero-order valence-electron chi connectivity index (χ0n) is 55.4. The summed E-state index contributed by atoms with van der Waals surface area (Å²) in [5.74, 6) is 1.72. The summed E-state index contributed by atoms with van der Waals surface area (Å²) in [5.41, 5.74) is 35.7. The Kier molecular flexibility index (Phi) is 13.4. The molecule has 4 heteroatoms. The van der Waals surface area contributed by atoms with Crippen LogP contribution >= 0.6 is 0 Å². The Bertz CT molecular complexity index is 4840. The van der Waals surface area contributed by atoms with Gasteiger partial charge in [0, 0.05) is 88.3 Å². The van der Waals surface area contributed by atoms with Crippen LogP contribution in [0.3, 0.4) is 0 Å². The summed E-state index contributed by atoms with van der Waals surface area (Å²) in [6.45, 7) is 36.9. The van der Waals surface area contributed by atoms with Crippen molar-refractivity contribution >= 4 is 110 Å². The summed E-state index contributed by atoms with van der Waals surface area (Å²) >= 11 is 0. The van der Waals surface area contributed by atoms with E-state index in [1.807, 2.05) is 0 Å². The third-order valence-electron chi connectivity index (χ3n) is 20.3. The first-order valence-corrected chi connectivity index (χ1v) is 32.9. The topological polar surface area (TPSA) is 15.3 Å². The molecular weight excluding hydrogens is 1090 g/mol. The van der Waals surface area contributed by atoms with Gasteiger partial charge in [-0.25, -0.2) is 0 Å². The van der Waals surface area contributed by atoms with Crippen LogP contribution in [-0.4, -0.2) is 8.80 Å². The molecule has 0 aliphatic heterocycles. The quantitative estimate of drug-likeness (QED) is 0.121. The van der Waals surface area contributed by atoms with Gasteiger partial charge in [-0.3, -0.25) is 0 Å². The van der Waals surface area contributed by atoms with Crippen LogP contribution in [0.5, 0.6) is 0 Å². The van der Waals surface area contributed by atoms with Crippen molar-refractivity contribution in [2.24, 2.45) is 0 Å². The number of fused-ring (bicyclic) bond motifs is 12. The van der Waals surface area contributed by atoms with Gasteiger partial charge < -0.3 is 18.6 Å². The molecular formula is C86H82N4. The molecule has 90 heavy (non-hydrogen) atoms. The van der Waals surface area contributed by atoms with E-state index in [1.54, 1.807) is 0 Å². The molecule has 0 saturated heterocycles. The van der Waals surface area contributed by atoms with Crippen LogP contribution in [-0.2, 0) is 0 Å². The molecule has 11 aromatic carbocycles. The minimum absolute atomic E-state index is 0.430. The maximum atomic E-state index is 2.65. The number of rotatable bonds is 12. The fraction of sp³-hybridized carbons (Fsp3) is 0.233. The Morgan fingerprint density at radius 2 is 0.533 bits per heavy atom. The monoisotopic (exact) mass is 1170 g/mol. The van der Waals surface area contributed by atoms with E-state index in [-0.39, 0.29) is 0 Å². The summed E-state index contributed by atoms with van der Waals surface area (Å²) in [6.07, 6.45) is 0. The number of benzene rings is 11. The number of para-hydroxylation sites is 2. The second kappa shape index (κ2) is 21.1. The van der Waals surface area contributed by atoms with Gasteiger partial charge in [-0.15, -0.1) is 0 Å². The number of nitrogens with zero attached hydrogens (tertiary/aromatic N) is 4. The van der Waals surface area contributed by atoms with Gasteiger partial charge in [-0.1, -0.05) is 152 Å². The van der Waals surface area contributed by atoms with Crippen molar-refractivity contribution in [3.05, 3.63) is 249 Å². The van der Waals surface area contributed by atoms with Crippen LogP contribution in [0.2, 0.25) is 0 Å². The molecule has 15 rings (SSSR count). The van der Waals surface area contributed by atoms with E-state index in [9.17, 15) is 0 Å². The van der Waals surface area contributed by atoms with E-state index >= 15 is 0 Å². The molecule has 0 unspecified atom stereocenters. The van der Waals surface area contributed by atoms with Crippen LogP contribution in [0, 0.1) is 55.4 Å². The van der Waals surface area contributed by atoms with Crippen molar-refractivity contribution < 1.29 is 0 Å². The number of anilines is 6. The fourth-order valence-electron chi connectivity index (χ4n) is 17.6. The van der Waals surface area contributed by atoms with E-state index in [0.717, 1.165) is 11.4 Å². The van der Waals surface area contributed by atoms with Gasteiger partial charge in [0.05, 0.1) is 33.1 Å². The molecule has 4 heterocycles. The van der Waals surface area contributed by atoms with E-state index in [1.165, 1.54) is 188 Å². The Labute approximate surface area is 531 Å². The summed E-state index contributed by atoms with van der Waals surface area (Å²) in [5, 5.41) is 10.1. The summed E-state index contributed by atoms with van der Waals surface area (Å²) < 4.78 is 5.30. The maximum Gasteiger partial charge on any atom is 0.0634 e. The van der Waals surface area contributed by atoms with Crippen LogP contribution in [0.1, 0.15) is 146 Å². The molecule has 446 valence electrons. The highest BCUT2D eigenvalue weighted by molar-refractivity contribution is 6.38. The van der Waals surface area contributed by atoms with Crippen LogP contribution in [0.25, 0.3) is 98.4 Å². The van der Waals surface area contributed by atoms with Crippen molar-refractivity contribution in [2.45, 2.75) is 134 Å². The SMILES string of the molecule is Cc1cc(N(c2cc(C)c(C(C)C)c(C)c2)c2ccc3c(c2)c2cccc4c5c(-c6ccccc6)c6c(c(-c7ccccc7)c5n3c24)c2cccc3c4cc(N(c5cc(C)c(C(C)C)c(C)c5)c5cc(C)c(C(C)C)c(C)c5)ccc4n6c32)cc(C)c1C(C)C. The highest BCUT2D eigenvalue weighted by Gasteiger charge is 2.32. The number of aromatic nitrogens is 2. The van der Waals surface area contributed by atoms with Gasteiger partial charge in [0.1, 0.15) is 0 Å². The van der Waals surface area contributed by atoms with Crippen molar-refractivity contribution in [3.63, 3.8) is 0 Å². The summed E-state index contributed by atoms with van der Waals surface area (Å²) in [7, 11) is 0. The van der Waals surface area contributed by atoms with E-state index in [0.29, 0.717) is 23.7 Å². The third-order valence-corrected chi connectivity index (χ3v) is 20.3. The Morgan fingerprint density at radius 3 is 0.811 bits per heavy atom. The number of aryl methyl sites for hydroxylation is 8. The minimum Gasteiger partial charge on any atom is -0.310 e. The highest BCUT2D eigenvalue weighted by atomic mass is 15.2. The summed E-state index contributed by atoms with van der Waals surface area (Å²) in [4.78, 5) is 5.04. The van der Waals surface area contributed by atoms with Crippen LogP contribution < -0.4 is 9.80 Å². The van der Waals surface area contributed by atoms with Gasteiger partial charge in [0.25, 0.3) is 0 Å². The normalized spacial score (nSPS) is 12.4. The lowest BCUT2D eigenvalue weighted by Gasteiger charge is -2.29. The molecule has 0 saturated carbocycles. The van der Waals surface area contributed by atoms with Crippen molar-refractivity contribution in [1.29, 1.82) is 0 Å². The molecule has 0 radical (unpaired) electrons. The lowest BCUT2D eigenvalue weighted by molar-refractivity contribution is 0.844. The molecule has 0 fully saturated rings. The van der Waals surface area contributed by atoms with E-state index in [4.69, 9.17) is 0 Å². The first-order valence-electron chi connectivity index (χ1n) is 32.9. The highest BCUT2D eigenvalue weighted by Crippen LogP contribution is 2.55. The van der Waals surface area contributed by atoms with E-state index < -0.39 is 0 Å². The molecule has 0 aliphatic carbocycles. The van der Waals surface area contributed by atoms with Gasteiger partial charge in [-0.05, 0) is 242 Å².